The highest BCUT2D eigenvalue weighted by Gasteiger charge is 2.53. The Morgan fingerprint density at radius 2 is 0.696 bits per heavy atom. The van der Waals surface area contributed by atoms with Crippen molar-refractivity contribution in [3.63, 3.8) is 0 Å². The van der Waals surface area contributed by atoms with E-state index in [1.165, 1.54) is 66.4 Å². The fourth-order valence-corrected chi connectivity index (χ4v) is 12.8. The van der Waals surface area contributed by atoms with Crippen LogP contribution >= 0.6 is 0 Å². The Kier molecular flexibility index (Phi) is 7.92. The van der Waals surface area contributed by atoms with Gasteiger partial charge in [-0.15, -0.1) is 0 Å². The molecule has 0 aromatic heterocycles. The van der Waals surface area contributed by atoms with Crippen LogP contribution in [0.15, 0.2) is 249 Å². The maximum atomic E-state index is 6.75. The molecule has 0 saturated carbocycles. The minimum atomic E-state index is -0.620. The van der Waals surface area contributed by atoms with E-state index in [2.05, 4.69) is 254 Å². The molecule has 0 fully saturated rings. The molecule has 4 aliphatic rings. The topological polar surface area (TPSA) is 21.7 Å². The number of hydrogen-bond acceptors (Lipinski definition) is 3. The molecule has 0 radical (unpaired) electrons. The number of anilines is 3. The normalized spacial score (nSPS) is 14.3. The second kappa shape index (κ2) is 14.3. The van der Waals surface area contributed by atoms with Crippen LogP contribution in [0.25, 0.3) is 44.2 Å². The Bertz CT molecular complexity index is 3830. The summed E-state index contributed by atoms with van der Waals surface area (Å²) in [5.41, 5.74) is 18.9. The Hall–Kier alpha value is -8.92. The maximum absolute atomic E-state index is 6.75. The highest BCUT2D eigenvalue weighted by Crippen LogP contribution is 2.66. The molecule has 322 valence electrons. The number of nitrogens with zero attached hydrogens (tertiary/aromatic N) is 1. The van der Waals surface area contributed by atoms with E-state index in [4.69, 9.17) is 9.47 Å². The molecule has 3 heteroatoms. The smallest absolute Gasteiger partial charge is 0.132 e. The van der Waals surface area contributed by atoms with Crippen LogP contribution < -0.4 is 14.4 Å². The van der Waals surface area contributed by atoms with E-state index >= 15 is 0 Å². The van der Waals surface area contributed by atoms with Crippen LogP contribution in [-0.4, -0.2) is 0 Å². The zero-order valence-corrected chi connectivity index (χ0v) is 37.4. The van der Waals surface area contributed by atoms with Gasteiger partial charge in [-0.3, -0.25) is 0 Å². The van der Waals surface area contributed by atoms with Crippen molar-refractivity contribution < 1.29 is 9.47 Å². The van der Waals surface area contributed by atoms with Gasteiger partial charge in [-0.2, -0.15) is 0 Å². The van der Waals surface area contributed by atoms with Gasteiger partial charge < -0.3 is 14.4 Å². The van der Waals surface area contributed by atoms with Crippen LogP contribution in [0.2, 0.25) is 0 Å². The summed E-state index contributed by atoms with van der Waals surface area (Å²) in [6, 6.07) is 91.0. The molecule has 2 aliphatic heterocycles. The van der Waals surface area contributed by atoms with Crippen molar-refractivity contribution in [3.05, 3.63) is 293 Å². The number of benzene rings is 11. The van der Waals surface area contributed by atoms with E-state index in [0.29, 0.717) is 0 Å². The SMILES string of the molecule is c1ccc(-c2ccc(N(c3cccc4c3-c3ccccc3C43c4ccccc4Oc4ccccc43)c3cccc4ccc5c(c34)-c3ccccc3C53c4ccccc4Oc4ccccc43)cc2)cc1. The fraction of sp³-hybridized carbons (Fsp3) is 0.0303. The first-order chi connectivity index (χ1) is 34.2. The van der Waals surface area contributed by atoms with Gasteiger partial charge in [-0.05, 0) is 104 Å². The van der Waals surface area contributed by atoms with E-state index in [9.17, 15) is 0 Å². The summed E-state index contributed by atoms with van der Waals surface area (Å²) < 4.78 is 13.5. The standard InChI is InChI=1S/C66H41NO2/c1-2-18-42(19-3-1)43-36-39-45(40-37-43)67(57-31-17-29-54-63(57)46-21-4-6-23-48(46)65(54)50-25-8-12-32-58(50)68-59-33-13-9-26-51(59)65)56-30-16-20-44-38-41-55-64(62(44)56)47-22-5-7-24-49(47)66(55)52-27-10-14-34-60(52)69-61-35-15-11-28-53(61)66/h1-41H. The number of hydrogen-bond donors (Lipinski definition) is 0. The first-order valence-electron chi connectivity index (χ1n) is 23.8. The third-order valence-electron chi connectivity index (χ3n) is 15.4. The van der Waals surface area contributed by atoms with Crippen molar-refractivity contribution >= 4 is 27.8 Å². The van der Waals surface area contributed by atoms with E-state index in [-0.39, 0.29) is 0 Å². The lowest BCUT2D eigenvalue weighted by atomic mass is 9.66. The Morgan fingerprint density at radius 3 is 1.26 bits per heavy atom. The van der Waals surface area contributed by atoms with Gasteiger partial charge in [-0.1, -0.05) is 200 Å². The van der Waals surface area contributed by atoms with Crippen LogP contribution in [-0.2, 0) is 10.8 Å². The number of ether oxygens (including phenoxy) is 2. The molecule has 2 aliphatic carbocycles. The van der Waals surface area contributed by atoms with Crippen LogP contribution in [0.4, 0.5) is 17.1 Å². The molecule has 0 atom stereocenters. The van der Waals surface area contributed by atoms with Crippen molar-refractivity contribution in [3.8, 4) is 56.4 Å². The molecule has 11 aromatic carbocycles. The molecule has 0 bridgehead atoms. The molecule has 11 aromatic rings. The minimum absolute atomic E-state index is 0.607. The summed E-state index contributed by atoms with van der Waals surface area (Å²) >= 11 is 0. The second-order valence-corrected chi connectivity index (χ2v) is 18.6. The zero-order chi connectivity index (χ0) is 45.3. The average Bonchev–Trinajstić information content (AvgIpc) is 3.88. The molecule has 0 unspecified atom stereocenters. The van der Waals surface area contributed by atoms with Crippen molar-refractivity contribution in [2.24, 2.45) is 0 Å². The fourth-order valence-electron chi connectivity index (χ4n) is 12.8. The third-order valence-corrected chi connectivity index (χ3v) is 15.4. The summed E-state index contributed by atoms with van der Waals surface area (Å²) in [5.74, 6) is 3.53. The lowest BCUT2D eigenvalue weighted by Gasteiger charge is -2.39. The van der Waals surface area contributed by atoms with Crippen molar-refractivity contribution in [1.29, 1.82) is 0 Å². The molecule has 69 heavy (non-hydrogen) atoms. The summed E-state index contributed by atoms with van der Waals surface area (Å²) in [6.45, 7) is 0. The molecule has 0 N–H and O–H groups in total. The number of fused-ring (bicyclic) bond motifs is 20. The predicted octanol–water partition coefficient (Wildman–Crippen LogP) is 16.9. The number of para-hydroxylation sites is 4. The average molecular weight is 880 g/mol. The largest absolute Gasteiger partial charge is 0.457 e. The first kappa shape index (κ1) is 38.2. The van der Waals surface area contributed by atoms with Gasteiger partial charge >= 0.3 is 0 Å². The van der Waals surface area contributed by atoms with E-state index in [1.807, 2.05) is 0 Å². The van der Waals surface area contributed by atoms with Gasteiger partial charge in [0.25, 0.3) is 0 Å². The van der Waals surface area contributed by atoms with Crippen LogP contribution in [0.3, 0.4) is 0 Å². The summed E-state index contributed by atoms with van der Waals surface area (Å²) in [7, 11) is 0. The summed E-state index contributed by atoms with van der Waals surface area (Å²) in [4.78, 5) is 2.54. The Labute approximate surface area is 400 Å². The van der Waals surface area contributed by atoms with Gasteiger partial charge in [0.05, 0.1) is 22.2 Å². The van der Waals surface area contributed by atoms with E-state index in [1.54, 1.807) is 0 Å². The van der Waals surface area contributed by atoms with Gasteiger partial charge in [-0.25, -0.2) is 0 Å². The monoisotopic (exact) mass is 879 g/mol. The highest BCUT2D eigenvalue weighted by molar-refractivity contribution is 6.13. The summed E-state index contributed by atoms with van der Waals surface area (Å²) in [6.07, 6.45) is 0. The minimum Gasteiger partial charge on any atom is -0.457 e. The molecule has 3 nitrogen and oxygen atoms in total. The highest BCUT2D eigenvalue weighted by atomic mass is 16.5. The molecule has 2 spiro atoms. The van der Waals surface area contributed by atoms with Gasteiger partial charge in [0, 0.05) is 38.9 Å². The van der Waals surface area contributed by atoms with Gasteiger partial charge in [0.1, 0.15) is 23.0 Å². The van der Waals surface area contributed by atoms with Gasteiger partial charge in [0.15, 0.2) is 0 Å². The van der Waals surface area contributed by atoms with Crippen LogP contribution in [0, 0.1) is 0 Å². The quantitative estimate of drug-likeness (QED) is 0.176. The van der Waals surface area contributed by atoms with Gasteiger partial charge in [0.2, 0.25) is 0 Å². The second-order valence-electron chi connectivity index (χ2n) is 18.6. The van der Waals surface area contributed by atoms with Crippen LogP contribution in [0.1, 0.15) is 44.5 Å². The van der Waals surface area contributed by atoms with E-state index in [0.717, 1.165) is 62.3 Å². The summed E-state index contributed by atoms with van der Waals surface area (Å²) in [5, 5.41) is 2.38. The molecule has 0 amide bonds. The molecule has 0 saturated heterocycles. The lowest BCUT2D eigenvalue weighted by molar-refractivity contribution is 0.436. The first-order valence-corrected chi connectivity index (χ1v) is 23.8. The van der Waals surface area contributed by atoms with E-state index < -0.39 is 10.8 Å². The van der Waals surface area contributed by atoms with Crippen molar-refractivity contribution in [2.75, 3.05) is 4.90 Å². The lowest BCUT2D eigenvalue weighted by Crippen LogP contribution is -2.32. The zero-order valence-electron chi connectivity index (χ0n) is 37.4. The Balaban J connectivity index is 1.06. The van der Waals surface area contributed by atoms with Crippen molar-refractivity contribution in [2.45, 2.75) is 10.8 Å². The van der Waals surface area contributed by atoms with Crippen molar-refractivity contribution in [1.82, 2.24) is 0 Å². The molecular weight excluding hydrogens is 839 g/mol. The molecule has 15 rings (SSSR count). The number of rotatable bonds is 4. The van der Waals surface area contributed by atoms with Crippen LogP contribution in [0.5, 0.6) is 23.0 Å². The third kappa shape index (κ3) is 5.01. The predicted molar refractivity (Wildman–Crippen MR) is 279 cm³/mol. The molecule has 2 heterocycles. The Morgan fingerprint density at radius 1 is 0.275 bits per heavy atom. The molecular formula is C66H41NO2. The maximum Gasteiger partial charge on any atom is 0.132 e.